The maximum Gasteiger partial charge on any atom is 0.209 e. The second-order valence-electron chi connectivity index (χ2n) is 4.49. The van der Waals surface area contributed by atoms with Gasteiger partial charge in [-0.15, -0.1) is 5.10 Å². The van der Waals surface area contributed by atoms with Gasteiger partial charge in [-0.1, -0.05) is 17.8 Å². The highest BCUT2D eigenvalue weighted by atomic mass is 32.2. The molecule has 0 aliphatic rings. The molecule has 1 heterocycles. The molecule has 2 N–H and O–H groups in total. The lowest BCUT2D eigenvalue weighted by Gasteiger charge is -2.08. The van der Waals surface area contributed by atoms with Crippen LogP contribution in [-0.2, 0) is 6.54 Å². The Kier molecular flexibility index (Phi) is 5.37. The minimum atomic E-state index is 0.525. The third kappa shape index (κ3) is 4.21. The molecule has 2 rings (SSSR count). The van der Waals surface area contributed by atoms with Crippen LogP contribution in [0.3, 0.4) is 0 Å². The van der Waals surface area contributed by atoms with Crippen LogP contribution in [0, 0.1) is 13.8 Å². The van der Waals surface area contributed by atoms with Crippen LogP contribution in [0.5, 0.6) is 5.75 Å². The summed E-state index contributed by atoms with van der Waals surface area (Å²) in [5.41, 5.74) is 7.91. The van der Waals surface area contributed by atoms with Crippen molar-refractivity contribution in [2.75, 3.05) is 18.9 Å². The molecule has 0 saturated carbocycles. The van der Waals surface area contributed by atoms with E-state index in [9.17, 15) is 0 Å². The number of nitrogens with two attached hydrogens (primary N) is 1. The average Bonchev–Trinajstić information content (AvgIpc) is 2.82. The lowest BCUT2D eigenvalue weighted by Crippen LogP contribution is -2.12. The fraction of sp³-hybridized carbons (Fsp3) is 0.462. The minimum Gasteiger partial charge on any atom is -0.493 e. The Hall–Kier alpha value is -1.60. The summed E-state index contributed by atoms with van der Waals surface area (Å²) in [4.78, 5) is 0. The molecule has 0 unspecified atom stereocenters. The second kappa shape index (κ2) is 7.25. The maximum atomic E-state index is 5.74. The third-order valence-corrected chi connectivity index (χ3v) is 3.54. The molecule has 0 aliphatic carbocycles. The quantitative estimate of drug-likeness (QED) is 0.614. The summed E-state index contributed by atoms with van der Waals surface area (Å²) in [5.74, 6) is 1.70. The summed E-state index contributed by atoms with van der Waals surface area (Å²) in [6.45, 7) is 5.90. The van der Waals surface area contributed by atoms with E-state index in [0.717, 1.165) is 16.7 Å². The van der Waals surface area contributed by atoms with Crippen LogP contribution in [0.1, 0.15) is 11.1 Å². The van der Waals surface area contributed by atoms with Crippen LogP contribution in [0.4, 0.5) is 0 Å². The Balaban J connectivity index is 1.80. The number of hydrogen-bond donors (Lipinski definition) is 1. The van der Waals surface area contributed by atoms with E-state index in [1.165, 1.54) is 11.1 Å². The van der Waals surface area contributed by atoms with Gasteiger partial charge in [0.25, 0.3) is 0 Å². The molecule has 1 aromatic carbocycles. The van der Waals surface area contributed by atoms with E-state index in [1.807, 2.05) is 12.1 Å². The molecule has 7 heteroatoms. The van der Waals surface area contributed by atoms with Crippen molar-refractivity contribution in [3.63, 3.8) is 0 Å². The number of thioether (sulfide) groups is 1. The first-order valence-electron chi connectivity index (χ1n) is 6.49. The molecule has 0 spiro atoms. The summed E-state index contributed by atoms with van der Waals surface area (Å²) < 4.78 is 7.45. The second-order valence-corrected chi connectivity index (χ2v) is 5.56. The van der Waals surface area contributed by atoms with E-state index in [1.54, 1.807) is 16.4 Å². The Morgan fingerprint density at radius 2 is 2.00 bits per heavy atom. The van der Waals surface area contributed by atoms with Crippen LogP contribution >= 0.6 is 11.8 Å². The molecule has 1 aromatic heterocycles. The molecule has 0 atom stereocenters. The van der Waals surface area contributed by atoms with Crippen molar-refractivity contribution in [1.29, 1.82) is 0 Å². The zero-order valence-corrected chi connectivity index (χ0v) is 12.6. The van der Waals surface area contributed by atoms with Gasteiger partial charge in [0.1, 0.15) is 5.75 Å². The Bertz CT molecular complexity index is 537. The summed E-state index contributed by atoms with van der Waals surface area (Å²) in [6.07, 6.45) is 0. The molecule has 20 heavy (non-hydrogen) atoms. The number of tetrazole rings is 1. The van der Waals surface area contributed by atoms with Crippen molar-refractivity contribution in [3.8, 4) is 5.75 Å². The molecule has 0 radical (unpaired) electrons. The van der Waals surface area contributed by atoms with Gasteiger partial charge in [-0.25, -0.2) is 4.68 Å². The van der Waals surface area contributed by atoms with Gasteiger partial charge in [-0.2, -0.15) is 0 Å². The first-order valence-corrected chi connectivity index (χ1v) is 7.47. The summed E-state index contributed by atoms with van der Waals surface area (Å²) in [5, 5.41) is 12.3. The van der Waals surface area contributed by atoms with Crippen molar-refractivity contribution in [2.24, 2.45) is 5.73 Å². The van der Waals surface area contributed by atoms with Gasteiger partial charge in [-0.3, -0.25) is 0 Å². The van der Waals surface area contributed by atoms with Crippen LogP contribution in [0.25, 0.3) is 0 Å². The zero-order chi connectivity index (χ0) is 14.4. The Morgan fingerprint density at radius 1 is 1.25 bits per heavy atom. The zero-order valence-electron chi connectivity index (χ0n) is 11.7. The highest BCUT2D eigenvalue weighted by molar-refractivity contribution is 7.99. The van der Waals surface area contributed by atoms with E-state index in [4.69, 9.17) is 10.5 Å². The van der Waals surface area contributed by atoms with Crippen LogP contribution in [-0.4, -0.2) is 39.1 Å². The van der Waals surface area contributed by atoms with E-state index in [0.29, 0.717) is 19.7 Å². The van der Waals surface area contributed by atoms with Crippen molar-refractivity contribution >= 4 is 11.8 Å². The predicted octanol–water partition coefficient (Wildman–Crippen LogP) is 1.42. The maximum absolute atomic E-state index is 5.74. The van der Waals surface area contributed by atoms with E-state index < -0.39 is 0 Å². The van der Waals surface area contributed by atoms with Gasteiger partial charge in [-0.05, 0) is 47.5 Å². The fourth-order valence-corrected chi connectivity index (χ4v) is 2.59. The summed E-state index contributed by atoms with van der Waals surface area (Å²) in [7, 11) is 0. The van der Waals surface area contributed by atoms with E-state index in [2.05, 4.69) is 35.4 Å². The summed E-state index contributed by atoms with van der Waals surface area (Å²) in [6, 6.07) is 6.20. The fourth-order valence-electron chi connectivity index (χ4n) is 1.87. The molecule has 0 aliphatic heterocycles. The van der Waals surface area contributed by atoms with Crippen molar-refractivity contribution in [2.45, 2.75) is 25.5 Å². The molecular weight excluding hydrogens is 274 g/mol. The van der Waals surface area contributed by atoms with Gasteiger partial charge >= 0.3 is 0 Å². The number of aryl methyl sites for hydroxylation is 2. The van der Waals surface area contributed by atoms with Crippen molar-refractivity contribution in [3.05, 3.63) is 29.3 Å². The minimum absolute atomic E-state index is 0.525. The summed E-state index contributed by atoms with van der Waals surface area (Å²) >= 11 is 1.57. The third-order valence-electron chi connectivity index (χ3n) is 2.62. The molecule has 0 bridgehead atoms. The van der Waals surface area contributed by atoms with E-state index >= 15 is 0 Å². The Labute approximate surface area is 122 Å². The number of rotatable bonds is 7. The standard InChI is InChI=1S/C13H19N5OS/c1-10-7-11(2)9-12(8-10)19-5-6-20-13-15-16-17-18(13)4-3-14/h7-9H,3-6,14H2,1-2H3. The number of hydrogen-bond acceptors (Lipinski definition) is 6. The van der Waals surface area contributed by atoms with Gasteiger partial charge in [0, 0.05) is 12.3 Å². The predicted molar refractivity (Wildman–Crippen MR) is 79.0 cm³/mol. The average molecular weight is 293 g/mol. The molecular formula is C13H19N5OS. The molecule has 6 nitrogen and oxygen atoms in total. The molecule has 0 amide bonds. The first-order chi connectivity index (χ1) is 9.69. The van der Waals surface area contributed by atoms with Crippen LogP contribution < -0.4 is 10.5 Å². The highest BCUT2D eigenvalue weighted by Crippen LogP contribution is 2.18. The van der Waals surface area contributed by atoms with Crippen molar-refractivity contribution in [1.82, 2.24) is 20.2 Å². The number of benzene rings is 1. The molecule has 0 saturated heterocycles. The van der Waals surface area contributed by atoms with Crippen LogP contribution in [0.2, 0.25) is 0 Å². The topological polar surface area (TPSA) is 78.9 Å². The van der Waals surface area contributed by atoms with Gasteiger partial charge in [0.05, 0.1) is 13.2 Å². The number of nitrogens with zero attached hydrogens (tertiary/aromatic N) is 4. The van der Waals surface area contributed by atoms with Gasteiger partial charge in [0.2, 0.25) is 5.16 Å². The smallest absolute Gasteiger partial charge is 0.209 e. The highest BCUT2D eigenvalue weighted by Gasteiger charge is 2.05. The van der Waals surface area contributed by atoms with Gasteiger partial charge in [0.15, 0.2) is 0 Å². The monoisotopic (exact) mass is 293 g/mol. The molecule has 108 valence electrons. The molecule has 2 aromatic rings. The van der Waals surface area contributed by atoms with Crippen LogP contribution in [0.15, 0.2) is 23.4 Å². The number of ether oxygens (including phenoxy) is 1. The normalized spacial score (nSPS) is 10.8. The van der Waals surface area contributed by atoms with Gasteiger partial charge < -0.3 is 10.5 Å². The first kappa shape index (κ1) is 14.8. The SMILES string of the molecule is Cc1cc(C)cc(OCCSc2nnnn2CCN)c1. The lowest BCUT2D eigenvalue weighted by molar-refractivity contribution is 0.343. The number of aromatic nitrogens is 4. The van der Waals surface area contributed by atoms with Crippen molar-refractivity contribution < 1.29 is 4.74 Å². The van der Waals surface area contributed by atoms with E-state index in [-0.39, 0.29) is 0 Å². The molecule has 0 fully saturated rings. The lowest BCUT2D eigenvalue weighted by atomic mass is 10.1. The largest absolute Gasteiger partial charge is 0.493 e. The Morgan fingerprint density at radius 3 is 2.70 bits per heavy atom.